The third kappa shape index (κ3) is 3.22. The lowest BCUT2D eigenvalue weighted by Gasteiger charge is -2.17. The van der Waals surface area contributed by atoms with Gasteiger partial charge in [0.05, 0.1) is 6.10 Å². The van der Waals surface area contributed by atoms with Crippen molar-refractivity contribution in [2.24, 2.45) is 5.92 Å². The molecule has 15 heavy (non-hydrogen) atoms. The monoisotopic (exact) mass is 226 g/mol. The lowest BCUT2D eigenvalue weighted by atomic mass is 9.94. The topological polar surface area (TPSA) is 20.2 Å². The van der Waals surface area contributed by atoms with E-state index in [1.807, 2.05) is 25.1 Å². The van der Waals surface area contributed by atoms with Gasteiger partial charge in [-0.25, -0.2) is 0 Å². The summed E-state index contributed by atoms with van der Waals surface area (Å²) < 4.78 is 0. The van der Waals surface area contributed by atoms with Crippen LogP contribution in [0.15, 0.2) is 18.2 Å². The number of benzene rings is 1. The summed E-state index contributed by atoms with van der Waals surface area (Å²) in [5.41, 5.74) is 1.96. The van der Waals surface area contributed by atoms with E-state index in [0.29, 0.717) is 5.92 Å². The Bertz CT molecular complexity index is 322. The second kappa shape index (κ2) is 5.53. The molecule has 0 heterocycles. The molecule has 0 aromatic heterocycles. The molecule has 1 aromatic carbocycles. The first-order valence-corrected chi connectivity index (χ1v) is 5.87. The maximum Gasteiger partial charge on any atom is 0.0795 e. The molecule has 0 fully saturated rings. The van der Waals surface area contributed by atoms with Crippen molar-refractivity contribution in [3.8, 4) is 0 Å². The average molecular weight is 227 g/mol. The predicted octanol–water partition coefficient (Wildman–Crippen LogP) is 4.12. The van der Waals surface area contributed by atoms with Crippen LogP contribution >= 0.6 is 11.6 Å². The highest BCUT2D eigenvalue weighted by Crippen LogP contribution is 2.28. The zero-order valence-electron chi connectivity index (χ0n) is 9.63. The van der Waals surface area contributed by atoms with Gasteiger partial charge in [-0.3, -0.25) is 0 Å². The summed E-state index contributed by atoms with van der Waals surface area (Å²) in [4.78, 5) is 0. The first-order valence-electron chi connectivity index (χ1n) is 5.49. The van der Waals surface area contributed by atoms with Crippen LogP contribution in [-0.4, -0.2) is 5.11 Å². The Labute approximate surface area is 97.1 Å². The van der Waals surface area contributed by atoms with E-state index in [-0.39, 0.29) is 0 Å². The Hall–Kier alpha value is -0.530. The number of hydrogen-bond acceptors (Lipinski definition) is 1. The van der Waals surface area contributed by atoms with E-state index in [0.717, 1.165) is 29.0 Å². The van der Waals surface area contributed by atoms with Gasteiger partial charge in [-0.05, 0) is 36.5 Å². The molecular weight excluding hydrogens is 208 g/mol. The highest BCUT2D eigenvalue weighted by atomic mass is 35.5. The van der Waals surface area contributed by atoms with Gasteiger partial charge in [-0.1, -0.05) is 44.0 Å². The van der Waals surface area contributed by atoms with Gasteiger partial charge in [0.1, 0.15) is 0 Å². The molecule has 0 saturated heterocycles. The standard InChI is InChI=1S/C13H19ClO/c1-4-9(2)8-13(15)11-6-5-7-12(14)10(11)3/h5-7,9,13,15H,4,8H2,1-3H3. The molecule has 0 aliphatic rings. The fourth-order valence-corrected chi connectivity index (χ4v) is 1.84. The molecule has 0 aliphatic heterocycles. The molecular formula is C13H19ClO. The largest absolute Gasteiger partial charge is 0.388 e. The number of aliphatic hydroxyl groups is 1. The quantitative estimate of drug-likeness (QED) is 0.819. The lowest BCUT2D eigenvalue weighted by molar-refractivity contribution is 0.146. The summed E-state index contributed by atoms with van der Waals surface area (Å²) in [6.07, 6.45) is 1.51. The van der Waals surface area contributed by atoms with Crippen LogP contribution in [0.25, 0.3) is 0 Å². The van der Waals surface area contributed by atoms with Gasteiger partial charge in [0.15, 0.2) is 0 Å². The summed E-state index contributed by atoms with van der Waals surface area (Å²) in [6, 6.07) is 5.70. The molecule has 1 aromatic rings. The van der Waals surface area contributed by atoms with Crippen LogP contribution in [0.3, 0.4) is 0 Å². The molecule has 0 bridgehead atoms. The van der Waals surface area contributed by atoms with Crippen molar-refractivity contribution >= 4 is 11.6 Å². The maximum absolute atomic E-state index is 10.1. The number of rotatable bonds is 4. The molecule has 2 atom stereocenters. The predicted molar refractivity (Wildman–Crippen MR) is 65.2 cm³/mol. The summed E-state index contributed by atoms with van der Waals surface area (Å²) in [6.45, 7) is 6.25. The molecule has 0 saturated carbocycles. The SMILES string of the molecule is CCC(C)CC(O)c1cccc(Cl)c1C. The molecule has 1 rings (SSSR count). The van der Waals surface area contributed by atoms with Crippen molar-refractivity contribution in [2.45, 2.75) is 39.7 Å². The van der Waals surface area contributed by atoms with E-state index in [4.69, 9.17) is 11.6 Å². The molecule has 0 amide bonds. The molecule has 0 spiro atoms. The third-order valence-corrected chi connectivity index (χ3v) is 3.40. The molecule has 2 unspecified atom stereocenters. The van der Waals surface area contributed by atoms with Crippen molar-refractivity contribution in [1.82, 2.24) is 0 Å². The van der Waals surface area contributed by atoms with Crippen LogP contribution in [-0.2, 0) is 0 Å². The van der Waals surface area contributed by atoms with Crippen LogP contribution in [0, 0.1) is 12.8 Å². The molecule has 84 valence electrons. The van der Waals surface area contributed by atoms with Crippen molar-refractivity contribution < 1.29 is 5.11 Å². The molecule has 1 nitrogen and oxygen atoms in total. The van der Waals surface area contributed by atoms with Gasteiger partial charge in [0.25, 0.3) is 0 Å². The van der Waals surface area contributed by atoms with Gasteiger partial charge >= 0.3 is 0 Å². The second-order valence-electron chi connectivity index (χ2n) is 4.22. The van der Waals surface area contributed by atoms with E-state index >= 15 is 0 Å². The lowest BCUT2D eigenvalue weighted by Crippen LogP contribution is -2.05. The highest BCUT2D eigenvalue weighted by molar-refractivity contribution is 6.31. The average Bonchev–Trinajstić information content (AvgIpc) is 2.21. The zero-order chi connectivity index (χ0) is 11.4. The number of aliphatic hydroxyl groups excluding tert-OH is 1. The van der Waals surface area contributed by atoms with E-state index in [2.05, 4.69) is 13.8 Å². The second-order valence-corrected chi connectivity index (χ2v) is 4.63. The Morgan fingerprint density at radius 2 is 2.07 bits per heavy atom. The van der Waals surface area contributed by atoms with Crippen LogP contribution in [0.2, 0.25) is 5.02 Å². The van der Waals surface area contributed by atoms with E-state index < -0.39 is 6.10 Å². The van der Waals surface area contributed by atoms with Crippen LogP contribution in [0.1, 0.15) is 43.9 Å². The van der Waals surface area contributed by atoms with Crippen molar-refractivity contribution in [3.05, 3.63) is 34.3 Å². The smallest absolute Gasteiger partial charge is 0.0795 e. The molecule has 1 N–H and O–H groups in total. The van der Waals surface area contributed by atoms with E-state index in [1.54, 1.807) is 0 Å². The minimum absolute atomic E-state index is 0.390. The zero-order valence-corrected chi connectivity index (χ0v) is 10.4. The molecule has 2 heteroatoms. The van der Waals surface area contributed by atoms with Gasteiger partial charge in [0.2, 0.25) is 0 Å². The summed E-state index contributed by atoms with van der Waals surface area (Å²) in [5.74, 6) is 0.540. The Morgan fingerprint density at radius 1 is 1.40 bits per heavy atom. The van der Waals surface area contributed by atoms with E-state index in [9.17, 15) is 5.11 Å². The Morgan fingerprint density at radius 3 is 2.67 bits per heavy atom. The number of halogens is 1. The Kier molecular flexibility index (Phi) is 4.62. The van der Waals surface area contributed by atoms with Gasteiger partial charge in [-0.2, -0.15) is 0 Å². The molecule has 0 aliphatic carbocycles. The first kappa shape index (κ1) is 12.5. The normalized spacial score (nSPS) is 15.0. The van der Waals surface area contributed by atoms with Gasteiger partial charge in [-0.15, -0.1) is 0 Å². The van der Waals surface area contributed by atoms with Crippen molar-refractivity contribution in [2.75, 3.05) is 0 Å². The first-order chi connectivity index (χ1) is 7.06. The van der Waals surface area contributed by atoms with Gasteiger partial charge in [0, 0.05) is 5.02 Å². The van der Waals surface area contributed by atoms with Crippen LogP contribution in [0.5, 0.6) is 0 Å². The fourth-order valence-electron chi connectivity index (χ4n) is 1.66. The third-order valence-electron chi connectivity index (χ3n) is 2.99. The van der Waals surface area contributed by atoms with E-state index in [1.165, 1.54) is 0 Å². The molecule has 0 radical (unpaired) electrons. The summed E-state index contributed by atoms with van der Waals surface area (Å²) in [5, 5.41) is 10.8. The Balaban J connectivity index is 2.82. The number of hydrogen-bond donors (Lipinski definition) is 1. The van der Waals surface area contributed by atoms with Gasteiger partial charge < -0.3 is 5.11 Å². The summed E-state index contributed by atoms with van der Waals surface area (Å²) >= 11 is 6.02. The van der Waals surface area contributed by atoms with Crippen molar-refractivity contribution in [3.63, 3.8) is 0 Å². The highest BCUT2D eigenvalue weighted by Gasteiger charge is 2.14. The minimum Gasteiger partial charge on any atom is -0.388 e. The summed E-state index contributed by atoms with van der Waals surface area (Å²) in [7, 11) is 0. The van der Waals surface area contributed by atoms with Crippen LogP contribution < -0.4 is 0 Å². The van der Waals surface area contributed by atoms with Crippen molar-refractivity contribution in [1.29, 1.82) is 0 Å². The fraction of sp³-hybridized carbons (Fsp3) is 0.538. The maximum atomic E-state index is 10.1. The minimum atomic E-state index is -0.390. The van der Waals surface area contributed by atoms with Crippen LogP contribution in [0.4, 0.5) is 0 Å².